The number of ether oxygens (including phenoxy) is 1. The number of benzene rings is 2. The SMILES string of the molecule is COC(=O)c1cccc(NCc2c(C)cccc2C)c1C. The molecule has 2 rings (SSSR count). The summed E-state index contributed by atoms with van der Waals surface area (Å²) in [5.74, 6) is -0.303. The van der Waals surface area contributed by atoms with E-state index in [0.29, 0.717) is 5.56 Å². The number of hydrogen-bond acceptors (Lipinski definition) is 3. The van der Waals surface area contributed by atoms with Crippen molar-refractivity contribution in [3.8, 4) is 0 Å². The first-order chi connectivity index (χ1) is 10.0. The van der Waals surface area contributed by atoms with E-state index in [4.69, 9.17) is 4.74 Å². The lowest BCUT2D eigenvalue weighted by Gasteiger charge is -2.15. The second-order valence-corrected chi connectivity index (χ2v) is 5.19. The predicted molar refractivity (Wildman–Crippen MR) is 85.8 cm³/mol. The van der Waals surface area contributed by atoms with Crippen molar-refractivity contribution in [2.75, 3.05) is 12.4 Å². The van der Waals surface area contributed by atoms with Crippen LogP contribution in [0.3, 0.4) is 0 Å². The lowest BCUT2D eigenvalue weighted by atomic mass is 10.0. The van der Waals surface area contributed by atoms with Gasteiger partial charge in [-0.1, -0.05) is 24.3 Å². The van der Waals surface area contributed by atoms with E-state index in [2.05, 4.69) is 37.4 Å². The van der Waals surface area contributed by atoms with E-state index in [9.17, 15) is 4.79 Å². The Bertz CT molecular complexity index is 642. The number of rotatable bonds is 4. The molecule has 0 radical (unpaired) electrons. The second-order valence-electron chi connectivity index (χ2n) is 5.19. The minimum absolute atomic E-state index is 0.303. The zero-order chi connectivity index (χ0) is 15.4. The van der Waals surface area contributed by atoms with Crippen LogP contribution in [-0.2, 0) is 11.3 Å². The maximum atomic E-state index is 11.7. The largest absolute Gasteiger partial charge is 0.465 e. The fourth-order valence-corrected chi connectivity index (χ4v) is 2.47. The highest BCUT2D eigenvalue weighted by Crippen LogP contribution is 2.22. The first-order valence-electron chi connectivity index (χ1n) is 7.01. The van der Waals surface area contributed by atoms with Crippen molar-refractivity contribution in [3.05, 3.63) is 64.2 Å². The lowest BCUT2D eigenvalue weighted by Crippen LogP contribution is -2.08. The van der Waals surface area contributed by atoms with Crippen LogP contribution in [0.5, 0.6) is 0 Å². The summed E-state index contributed by atoms with van der Waals surface area (Å²) in [5, 5.41) is 3.42. The molecule has 2 aromatic carbocycles. The van der Waals surface area contributed by atoms with Gasteiger partial charge in [0, 0.05) is 12.2 Å². The quantitative estimate of drug-likeness (QED) is 0.862. The maximum Gasteiger partial charge on any atom is 0.338 e. The van der Waals surface area contributed by atoms with E-state index in [1.807, 2.05) is 19.1 Å². The molecule has 1 N–H and O–H groups in total. The van der Waals surface area contributed by atoms with E-state index < -0.39 is 0 Å². The third-order valence-corrected chi connectivity index (χ3v) is 3.84. The lowest BCUT2D eigenvalue weighted by molar-refractivity contribution is 0.0600. The van der Waals surface area contributed by atoms with Gasteiger partial charge in [-0.2, -0.15) is 0 Å². The Morgan fingerprint density at radius 1 is 1.05 bits per heavy atom. The van der Waals surface area contributed by atoms with Crippen molar-refractivity contribution < 1.29 is 9.53 Å². The zero-order valence-corrected chi connectivity index (χ0v) is 13.0. The van der Waals surface area contributed by atoms with Gasteiger partial charge in [0.1, 0.15) is 0 Å². The Balaban J connectivity index is 2.23. The Morgan fingerprint density at radius 2 is 1.67 bits per heavy atom. The van der Waals surface area contributed by atoms with Crippen molar-refractivity contribution in [1.82, 2.24) is 0 Å². The molecule has 0 bridgehead atoms. The highest BCUT2D eigenvalue weighted by Gasteiger charge is 2.12. The molecular weight excluding hydrogens is 262 g/mol. The molecule has 0 unspecified atom stereocenters. The van der Waals surface area contributed by atoms with Crippen LogP contribution in [-0.4, -0.2) is 13.1 Å². The highest BCUT2D eigenvalue weighted by atomic mass is 16.5. The normalized spacial score (nSPS) is 10.3. The Labute approximate surface area is 126 Å². The summed E-state index contributed by atoms with van der Waals surface area (Å²) in [6.45, 7) is 6.90. The van der Waals surface area contributed by atoms with Crippen molar-refractivity contribution in [2.45, 2.75) is 27.3 Å². The van der Waals surface area contributed by atoms with Crippen LogP contribution >= 0.6 is 0 Å². The summed E-state index contributed by atoms with van der Waals surface area (Å²) in [7, 11) is 1.40. The minimum atomic E-state index is -0.303. The highest BCUT2D eigenvalue weighted by molar-refractivity contribution is 5.92. The van der Waals surface area contributed by atoms with E-state index in [-0.39, 0.29) is 5.97 Å². The van der Waals surface area contributed by atoms with Gasteiger partial charge in [0.2, 0.25) is 0 Å². The molecule has 0 saturated carbocycles. The van der Waals surface area contributed by atoms with Gasteiger partial charge in [-0.25, -0.2) is 4.79 Å². The number of methoxy groups -OCH3 is 1. The molecule has 0 heterocycles. The molecule has 3 nitrogen and oxygen atoms in total. The Kier molecular flexibility index (Phi) is 4.63. The van der Waals surface area contributed by atoms with Crippen LogP contribution in [0, 0.1) is 20.8 Å². The number of carbonyl (C=O) groups excluding carboxylic acids is 1. The first kappa shape index (κ1) is 15.1. The summed E-state index contributed by atoms with van der Waals surface area (Å²) in [5.41, 5.74) is 6.30. The smallest absolute Gasteiger partial charge is 0.338 e. The first-order valence-corrected chi connectivity index (χ1v) is 7.01. The molecule has 0 atom stereocenters. The fraction of sp³-hybridized carbons (Fsp3) is 0.278. The van der Waals surface area contributed by atoms with Gasteiger partial charge in [0.15, 0.2) is 0 Å². The van der Waals surface area contributed by atoms with E-state index in [1.165, 1.54) is 23.8 Å². The van der Waals surface area contributed by atoms with Crippen LogP contribution in [0.25, 0.3) is 0 Å². The van der Waals surface area contributed by atoms with Crippen LogP contribution < -0.4 is 5.32 Å². The van der Waals surface area contributed by atoms with Crippen molar-refractivity contribution >= 4 is 11.7 Å². The van der Waals surface area contributed by atoms with Crippen LogP contribution in [0.15, 0.2) is 36.4 Å². The Morgan fingerprint density at radius 3 is 2.29 bits per heavy atom. The summed E-state index contributed by atoms with van der Waals surface area (Å²) in [6.07, 6.45) is 0. The number of esters is 1. The molecule has 0 fully saturated rings. The summed E-state index contributed by atoms with van der Waals surface area (Å²) in [6, 6.07) is 11.9. The van der Waals surface area contributed by atoms with Crippen molar-refractivity contribution in [3.63, 3.8) is 0 Å². The van der Waals surface area contributed by atoms with Gasteiger partial charge < -0.3 is 10.1 Å². The summed E-state index contributed by atoms with van der Waals surface area (Å²) < 4.78 is 4.81. The van der Waals surface area contributed by atoms with Gasteiger partial charge in [-0.05, 0) is 55.2 Å². The maximum absolute atomic E-state index is 11.7. The molecule has 2 aromatic rings. The molecular formula is C18H21NO2. The van der Waals surface area contributed by atoms with Gasteiger partial charge >= 0.3 is 5.97 Å². The topological polar surface area (TPSA) is 38.3 Å². The summed E-state index contributed by atoms with van der Waals surface area (Å²) >= 11 is 0. The number of carbonyl (C=O) groups is 1. The molecule has 0 spiro atoms. The minimum Gasteiger partial charge on any atom is -0.465 e. The van der Waals surface area contributed by atoms with Gasteiger partial charge in [0.25, 0.3) is 0 Å². The third-order valence-electron chi connectivity index (χ3n) is 3.84. The second kappa shape index (κ2) is 6.44. The van der Waals surface area contributed by atoms with Crippen LogP contribution in [0.1, 0.15) is 32.6 Å². The average molecular weight is 283 g/mol. The molecule has 0 aliphatic rings. The zero-order valence-electron chi connectivity index (χ0n) is 13.0. The Hall–Kier alpha value is -2.29. The van der Waals surface area contributed by atoms with Crippen molar-refractivity contribution in [2.24, 2.45) is 0 Å². The number of hydrogen-bond donors (Lipinski definition) is 1. The van der Waals surface area contributed by atoms with E-state index >= 15 is 0 Å². The molecule has 0 amide bonds. The molecule has 3 heteroatoms. The molecule has 0 aliphatic heterocycles. The summed E-state index contributed by atoms with van der Waals surface area (Å²) in [4.78, 5) is 11.7. The standard InChI is InChI=1S/C18H21NO2/c1-12-7-5-8-13(2)16(12)11-19-17-10-6-9-15(14(17)3)18(20)21-4/h5-10,19H,11H2,1-4H3. The number of nitrogens with one attached hydrogen (secondary N) is 1. The monoisotopic (exact) mass is 283 g/mol. The van der Waals surface area contributed by atoms with Gasteiger partial charge in [-0.15, -0.1) is 0 Å². The van der Waals surface area contributed by atoms with E-state index in [0.717, 1.165) is 17.8 Å². The van der Waals surface area contributed by atoms with E-state index in [1.54, 1.807) is 6.07 Å². The number of anilines is 1. The fourth-order valence-electron chi connectivity index (χ4n) is 2.47. The average Bonchev–Trinajstić information content (AvgIpc) is 2.47. The van der Waals surface area contributed by atoms with Gasteiger partial charge in [-0.3, -0.25) is 0 Å². The third kappa shape index (κ3) is 3.24. The number of aryl methyl sites for hydroxylation is 2. The molecule has 110 valence electrons. The van der Waals surface area contributed by atoms with Gasteiger partial charge in [0.05, 0.1) is 12.7 Å². The van der Waals surface area contributed by atoms with Crippen LogP contribution in [0.2, 0.25) is 0 Å². The molecule has 0 saturated heterocycles. The van der Waals surface area contributed by atoms with Crippen molar-refractivity contribution in [1.29, 1.82) is 0 Å². The predicted octanol–water partition coefficient (Wildman–Crippen LogP) is 4.01. The molecule has 0 aromatic heterocycles. The molecule has 0 aliphatic carbocycles. The molecule has 21 heavy (non-hydrogen) atoms. The van der Waals surface area contributed by atoms with Crippen LogP contribution in [0.4, 0.5) is 5.69 Å².